The van der Waals surface area contributed by atoms with Crippen LogP contribution < -0.4 is 10.6 Å². The second-order valence-electron chi connectivity index (χ2n) is 5.41. The molecular formula is C14H28N2O. The van der Waals surface area contributed by atoms with Crippen LogP contribution in [0.1, 0.15) is 52.4 Å². The highest BCUT2D eigenvalue weighted by molar-refractivity contribution is 5.78. The van der Waals surface area contributed by atoms with Gasteiger partial charge in [-0.25, -0.2) is 0 Å². The Kier molecular flexibility index (Phi) is 6.56. The summed E-state index contributed by atoms with van der Waals surface area (Å²) >= 11 is 0. The van der Waals surface area contributed by atoms with E-state index in [1.54, 1.807) is 0 Å². The quantitative estimate of drug-likeness (QED) is 0.683. The SMILES string of the molecule is CCCCC(NC(=O)C(C)CNC)C1CCC1. The predicted octanol–water partition coefficient (Wildman–Crippen LogP) is 2.32. The highest BCUT2D eigenvalue weighted by Crippen LogP contribution is 2.31. The first-order chi connectivity index (χ1) is 8.19. The van der Waals surface area contributed by atoms with Gasteiger partial charge in [-0.1, -0.05) is 33.1 Å². The Bertz CT molecular complexity index is 226. The Morgan fingerprint density at radius 3 is 2.59 bits per heavy atom. The molecule has 1 aliphatic rings. The third-order valence-corrected chi connectivity index (χ3v) is 3.87. The van der Waals surface area contributed by atoms with Crippen molar-refractivity contribution < 1.29 is 4.79 Å². The first-order valence-electron chi connectivity index (χ1n) is 7.14. The third kappa shape index (κ3) is 4.66. The van der Waals surface area contributed by atoms with Crippen molar-refractivity contribution in [1.82, 2.24) is 10.6 Å². The van der Waals surface area contributed by atoms with Crippen LogP contribution in [-0.4, -0.2) is 25.5 Å². The molecule has 0 aromatic heterocycles. The third-order valence-electron chi connectivity index (χ3n) is 3.87. The lowest BCUT2D eigenvalue weighted by Crippen LogP contribution is -2.46. The van der Waals surface area contributed by atoms with Gasteiger partial charge in [-0.05, 0) is 32.2 Å². The van der Waals surface area contributed by atoms with Crippen LogP contribution in [0.15, 0.2) is 0 Å². The highest BCUT2D eigenvalue weighted by atomic mass is 16.1. The normalized spacial score (nSPS) is 19.5. The molecule has 0 spiro atoms. The molecule has 100 valence electrons. The molecule has 0 aromatic rings. The second-order valence-corrected chi connectivity index (χ2v) is 5.41. The van der Waals surface area contributed by atoms with E-state index in [-0.39, 0.29) is 11.8 Å². The molecule has 1 rings (SSSR count). The maximum atomic E-state index is 12.0. The van der Waals surface area contributed by atoms with Gasteiger partial charge >= 0.3 is 0 Å². The minimum Gasteiger partial charge on any atom is -0.353 e. The summed E-state index contributed by atoms with van der Waals surface area (Å²) in [5, 5.41) is 6.32. The maximum Gasteiger partial charge on any atom is 0.224 e. The summed E-state index contributed by atoms with van der Waals surface area (Å²) in [5.74, 6) is 1.03. The van der Waals surface area contributed by atoms with Crippen LogP contribution in [0.2, 0.25) is 0 Å². The number of rotatable bonds is 8. The molecule has 2 unspecified atom stereocenters. The van der Waals surface area contributed by atoms with E-state index in [4.69, 9.17) is 0 Å². The van der Waals surface area contributed by atoms with E-state index >= 15 is 0 Å². The Hall–Kier alpha value is -0.570. The molecule has 0 radical (unpaired) electrons. The Labute approximate surface area is 106 Å². The minimum absolute atomic E-state index is 0.0733. The zero-order valence-corrected chi connectivity index (χ0v) is 11.6. The summed E-state index contributed by atoms with van der Waals surface area (Å²) in [6, 6.07) is 0.426. The summed E-state index contributed by atoms with van der Waals surface area (Å²) in [6.45, 7) is 4.96. The number of carbonyl (C=O) groups excluding carboxylic acids is 1. The molecule has 17 heavy (non-hydrogen) atoms. The van der Waals surface area contributed by atoms with Gasteiger partial charge in [0.1, 0.15) is 0 Å². The average Bonchev–Trinajstić information content (AvgIpc) is 2.23. The Morgan fingerprint density at radius 2 is 2.12 bits per heavy atom. The van der Waals surface area contributed by atoms with E-state index in [1.165, 1.54) is 32.1 Å². The van der Waals surface area contributed by atoms with E-state index in [9.17, 15) is 4.79 Å². The van der Waals surface area contributed by atoms with Gasteiger partial charge in [-0.2, -0.15) is 0 Å². The van der Waals surface area contributed by atoms with Crippen molar-refractivity contribution in [1.29, 1.82) is 0 Å². The lowest BCUT2D eigenvalue weighted by atomic mass is 9.78. The lowest BCUT2D eigenvalue weighted by Gasteiger charge is -2.35. The molecule has 0 aliphatic heterocycles. The number of nitrogens with one attached hydrogen (secondary N) is 2. The smallest absolute Gasteiger partial charge is 0.224 e. The van der Waals surface area contributed by atoms with Crippen molar-refractivity contribution >= 4 is 5.91 Å². The van der Waals surface area contributed by atoms with E-state index in [1.807, 2.05) is 14.0 Å². The predicted molar refractivity (Wildman–Crippen MR) is 71.9 cm³/mol. The molecule has 1 amide bonds. The van der Waals surface area contributed by atoms with Gasteiger partial charge in [-0.3, -0.25) is 4.79 Å². The van der Waals surface area contributed by atoms with Gasteiger partial charge in [0.25, 0.3) is 0 Å². The molecule has 3 nitrogen and oxygen atoms in total. The fourth-order valence-corrected chi connectivity index (χ4v) is 2.42. The van der Waals surface area contributed by atoms with Crippen molar-refractivity contribution in [3.63, 3.8) is 0 Å². The minimum atomic E-state index is 0.0733. The van der Waals surface area contributed by atoms with E-state index in [2.05, 4.69) is 17.6 Å². The fourth-order valence-electron chi connectivity index (χ4n) is 2.42. The highest BCUT2D eigenvalue weighted by Gasteiger charge is 2.28. The van der Waals surface area contributed by atoms with Gasteiger partial charge < -0.3 is 10.6 Å². The van der Waals surface area contributed by atoms with Crippen LogP contribution >= 0.6 is 0 Å². The van der Waals surface area contributed by atoms with E-state index < -0.39 is 0 Å². The lowest BCUT2D eigenvalue weighted by molar-refractivity contribution is -0.125. The second kappa shape index (κ2) is 7.70. The topological polar surface area (TPSA) is 41.1 Å². The van der Waals surface area contributed by atoms with Crippen LogP contribution in [0, 0.1) is 11.8 Å². The molecule has 2 atom stereocenters. The van der Waals surface area contributed by atoms with Gasteiger partial charge in [0.05, 0.1) is 0 Å². The van der Waals surface area contributed by atoms with E-state index in [0.29, 0.717) is 6.04 Å². The molecule has 0 heterocycles. The van der Waals surface area contributed by atoms with E-state index in [0.717, 1.165) is 18.9 Å². The van der Waals surface area contributed by atoms with Gasteiger partial charge in [-0.15, -0.1) is 0 Å². The molecule has 1 saturated carbocycles. The molecule has 3 heteroatoms. The summed E-state index contributed by atoms with van der Waals surface area (Å²) in [7, 11) is 1.89. The van der Waals surface area contributed by atoms with Crippen molar-refractivity contribution in [3.8, 4) is 0 Å². The molecule has 1 aliphatic carbocycles. The standard InChI is InChI=1S/C14H28N2O/c1-4-5-9-13(12-7-6-8-12)16-14(17)11(2)10-15-3/h11-13,15H,4-10H2,1-3H3,(H,16,17). The zero-order chi connectivity index (χ0) is 12.7. The monoisotopic (exact) mass is 240 g/mol. The molecule has 0 bridgehead atoms. The number of carbonyl (C=O) groups is 1. The van der Waals surface area contributed by atoms with Crippen LogP contribution in [-0.2, 0) is 4.79 Å². The van der Waals surface area contributed by atoms with Crippen molar-refractivity contribution in [2.75, 3.05) is 13.6 Å². The summed E-state index contributed by atoms with van der Waals surface area (Å²) in [6.07, 6.45) is 7.53. The van der Waals surface area contributed by atoms with Crippen LogP contribution in [0.25, 0.3) is 0 Å². The van der Waals surface area contributed by atoms with Crippen molar-refractivity contribution in [2.24, 2.45) is 11.8 Å². The largest absolute Gasteiger partial charge is 0.353 e. The van der Waals surface area contributed by atoms with Gasteiger partial charge in [0, 0.05) is 18.5 Å². The van der Waals surface area contributed by atoms with Crippen LogP contribution in [0.3, 0.4) is 0 Å². The number of amides is 1. The van der Waals surface area contributed by atoms with Crippen molar-refractivity contribution in [2.45, 2.75) is 58.4 Å². The number of hydrogen-bond donors (Lipinski definition) is 2. The summed E-state index contributed by atoms with van der Waals surface area (Å²) in [4.78, 5) is 12.0. The molecular weight excluding hydrogens is 212 g/mol. The Balaban J connectivity index is 2.38. The number of unbranched alkanes of at least 4 members (excludes halogenated alkanes) is 1. The molecule has 1 fully saturated rings. The maximum absolute atomic E-state index is 12.0. The Morgan fingerprint density at radius 1 is 1.41 bits per heavy atom. The van der Waals surface area contributed by atoms with Gasteiger partial charge in [0.15, 0.2) is 0 Å². The molecule has 0 aromatic carbocycles. The van der Waals surface area contributed by atoms with Crippen LogP contribution in [0.4, 0.5) is 0 Å². The summed E-state index contributed by atoms with van der Waals surface area (Å²) < 4.78 is 0. The van der Waals surface area contributed by atoms with Crippen LogP contribution in [0.5, 0.6) is 0 Å². The first-order valence-corrected chi connectivity index (χ1v) is 7.14. The first kappa shape index (κ1) is 14.5. The summed E-state index contributed by atoms with van der Waals surface area (Å²) in [5.41, 5.74) is 0. The molecule has 2 N–H and O–H groups in total. The zero-order valence-electron chi connectivity index (χ0n) is 11.6. The van der Waals surface area contributed by atoms with Crippen molar-refractivity contribution in [3.05, 3.63) is 0 Å². The van der Waals surface area contributed by atoms with Gasteiger partial charge in [0.2, 0.25) is 5.91 Å². The average molecular weight is 240 g/mol. The molecule has 0 saturated heterocycles. The number of hydrogen-bond acceptors (Lipinski definition) is 2. The fraction of sp³-hybridized carbons (Fsp3) is 0.929.